The average Bonchev–Trinajstić information content (AvgIpc) is 3.45. The Morgan fingerprint density at radius 3 is 2.77 bits per heavy atom. The zero-order chi connectivity index (χ0) is 21.6. The summed E-state index contributed by atoms with van der Waals surface area (Å²) in [7, 11) is 0. The van der Waals surface area contributed by atoms with Crippen LogP contribution in [0.5, 0.6) is 5.75 Å². The van der Waals surface area contributed by atoms with E-state index in [-0.39, 0.29) is 5.78 Å². The normalized spacial score (nSPS) is 16.9. The molecule has 1 aliphatic heterocycles. The van der Waals surface area contributed by atoms with Gasteiger partial charge in [0, 0.05) is 17.7 Å². The quantitative estimate of drug-likeness (QED) is 0.599. The number of anilines is 1. The van der Waals surface area contributed by atoms with Crippen molar-refractivity contribution in [2.24, 2.45) is 5.92 Å². The monoisotopic (exact) mass is 413 g/mol. The number of hydrogen-bond donors (Lipinski definition) is 1. The average molecular weight is 413 g/mol. The van der Waals surface area contributed by atoms with Gasteiger partial charge in [-0.1, -0.05) is 0 Å². The van der Waals surface area contributed by atoms with Crippen molar-refractivity contribution < 1.29 is 13.9 Å². The van der Waals surface area contributed by atoms with Gasteiger partial charge in [-0.25, -0.2) is 4.98 Å². The van der Waals surface area contributed by atoms with E-state index in [2.05, 4.69) is 16.4 Å². The van der Waals surface area contributed by atoms with Crippen LogP contribution in [0.3, 0.4) is 0 Å². The summed E-state index contributed by atoms with van der Waals surface area (Å²) < 4.78 is 11.6. The zero-order valence-corrected chi connectivity index (χ0v) is 17.6. The topological polar surface area (TPSA) is 88.2 Å². The number of rotatable bonds is 5. The Bertz CT molecular complexity index is 1210. The largest absolute Gasteiger partial charge is 0.487 e. The number of ether oxygens (including phenoxy) is 1. The van der Waals surface area contributed by atoms with E-state index in [1.165, 1.54) is 12.8 Å². The maximum Gasteiger partial charge on any atom is 0.226 e. The van der Waals surface area contributed by atoms with Gasteiger partial charge in [-0.05, 0) is 69.0 Å². The van der Waals surface area contributed by atoms with Crippen molar-refractivity contribution in [3.63, 3.8) is 0 Å². The molecular weight excluding hydrogens is 390 g/mol. The van der Waals surface area contributed by atoms with Crippen molar-refractivity contribution in [3.8, 4) is 34.5 Å². The van der Waals surface area contributed by atoms with E-state index in [0.29, 0.717) is 34.9 Å². The highest BCUT2D eigenvalue weighted by atomic mass is 16.5. The number of Topliss-reactive ketones (excluding diaryl/α,β-unsaturated/α-hetero) is 1. The number of carbonyl (C=O) groups is 1. The van der Waals surface area contributed by atoms with Crippen LogP contribution < -0.4 is 10.1 Å². The van der Waals surface area contributed by atoms with E-state index in [0.717, 1.165) is 29.3 Å². The molecule has 0 atom stereocenters. The van der Waals surface area contributed by atoms with E-state index < -0.39 is 5.60 Å². The second-order valence-electron chi connectivity index (χ2n) is 8.91. The highest BCUT2D eigenvalue weighted by molar-refractivity contribution is 6.01. The molecule has 0 saturated heterocycles. The number of oxazole rings is 1. The van der Waals surface area contributed by atoms with Gasteiger partial charge >= 0.3 is 0 Å². The minimum absolute atomic E-state index is 0.0600. The summed E-state index contributed by atoms with van der Waals surface area (Å²) in [6.45, 7) is 4.72. The van der Waals surface area contributed by atoms with Crippen molar-refractivity contribution in [2.75, 3.05) is 11.9 Å². The number of carbonyl (C=O) groups excluding carboxylic acids is 1. The first kappa shape index (κ1) is 19.4. The molecule has 6 nitrogen and oxygen atoms in total. The van der Waals surface area contributed by atoms with Crippen LogP contribution in [0.25, 0.3) is 22.7 Å². The van der Waals surface area contributed by atoms with Crippen LogP contribution in [0.1, 0.15) is 49.0 Å². The number of ketones is 1. The van der Waals surface area contributed by atoms with Gasteiger partial charge in [0.25, 0.3) is 0 Å². The molecule has 3 aromatic rings. The lowest BCUT2D eigenvalue weighted by Crippen LogP contribution is -2.35. The third-order valence-corrected chi connectivity index (χ3v) is 5.72. The highest BCUT2D eigenvalue weighted by Crippen LogP contribution is 2.36. The summed E-state index contributed by atoms with van der Waals surface area (Å²) >= 11 is 0. The second-order valence-corrected chi connectivity index (χ2v) is 8.91. The molecule has 1 fully saturated rings. The molecule has 5 rings (SSSR count). The third-order valence-electron chi connectivity index (χ3n) is 5.72. The molecule has 1 N–H and O–H groups in total. The Hall–Kier alpha value is -3.59. The summed E-state index contributed by atoms with van der Waals surface area (Å²) in [5.41, 5.74) is 3.62. The summed E-state index contributed by atoms with van der Waals surface area (Å²) in [5.74, 6) is 1.81. The van der Waals surface area contributed by atoms with Crippen LogP contribution in [-0.2, 0) is 0 Å². The zero-order valence-electron chi connectivity index (χ0n) is 17.6. The maximum atomic E-state index is 12.6. The summed E-state index contributed by atoms with van der Waals surface area (Å²) in [6, 6.07) is 13.3. The number of nitrogens with zero attached hydrogens (tertiary/aromatic N) is 2. The molecule has 0 bridgehead atoms. The lowest BCUT2D eigenvalue weighted by Gasteiger charge is -2.31. The molecule has 2 heterocycles. The smallest absolute Gasteiger partial charge is 0.226 e. The fourth-order valence-electron chi connectivity index (χ4n) is 3.85. The fraction of sp³-hybridized carbons (Fsp3) is 0.320. The lowest BCUT2D eigenvalue weighted by atomic mass is 9.92. The summed E-state index contributed by atoms with van der Waals surface area (Å²) in [5, 5.41) is 12.9. The van der Waals surface area contributed by atoms with Crippen molar-refractivity contribution in [1.29, 1.82) is 5.26 Å². The summed E-state index contributed by atoms with van der Waals surface area (Å²) in [4.78, 5) is 17.1. The molecule has 156 valence electrons. The van der Waals surface area contributed by atoms with E-state index in [1.807, 2.05) is 38.1 Å². The first-order valence-electron chi connectivity index (χ1n) is 10.5. The first-order chi connectivity index (χ1) is 14.9. The van der Waals surface area contributed by atoms with E-state index in [9.17, 15) is 10.1 Å². The van der Waals surface area contributed by atoms with Gasteiger partial charge in [0.1, 0.15) is 29.4 Å². The second kappa shape index (κ2) is 7.28. The molecule has 0 amide bonds. The van der Waals surface area contributed by atoms with Gasteiger partial charge in [0.15, 0.2) is 5.78 Å². The molecule has 31 heavy (non-hydrogen) atoms. The number of aromatic nitrogens is 1. The fourth-order valence-corrected chi connectivity index (χ4v) is 3.85. The molecule has 2 aromatic carbocycles. The van der Waals surface area contributed by atoms with Crippen molar-refractivity contribution in [2.45, 2.75) is 38.7 Å². The van der Waals surface area contributed by atoms with E-state index in [4.69, 9.17) is 9.15 Å². The Morgan fingerprint density at radius 1 is 1.19 bits per heavy atom. The predicted molar refractivity (Wildman–Crippen MR) is 117 cm³/mol. The van der Waals surface area contributed by atoms with Crippen LogP contribution in [0.4, 0.5) is 5.69 Å². The molecule has 0 radical (unpaired) electrons. The Labute approximate surface area is 180 Å². The maximum absolute atomic E-state index is 12.6. The minimum Gasteiger partial charge on any atom is -0.487 e. The highest BCUT2D eigenvalue weighted by Gasteiger charge is 2.32. The molecule has 1 aliphatic carbocycles. The molecule has 1 aromatic heterocycles. The number of nitrogens with one attached hydrogen (secondary N) is 1. The van der Waals surface area contributed by atoms with Gasteiger partial charge < -0.3 is 14.5 Å². The predicted octanol–water partition coefficient (Wildman–Crippen LogP) is 5.45. The van der Waals surface area contributed by atoms with Gasteiger partial charge in [-0.3, -0.25) is 4.79 Å². The van der Waals surface area contributed by atoms with Crippen molar-refractivity contribution >= 4 is 11.5 Å². The number of hydrogen-bond acceptors (Lipinski definition) is 6. The lowest BCUT2D eigenvalue weighted by molar-refractivity contribution is 0.0620. The van der Waals surface area contributed by atoms with Gasteiger partial charge in [-0.2, -0.15) is 5.26 Å². The number of nitriles is 1. The number of benzene rings is 2. The van der Waals surface area contributed by atoms with Crippen LogP contribution in [0, 0.1) is 17.2 Å². The van der Waals surface area contributed by atoms with Crippen LogP contribution in [-0.4, -0.2) is 22.9 Å². The van der Waals surface area contributed by atoms with Gasteiger partial charge in [-0.15, -0.1) is 0 Å². The molecular formula is C25H23N3O3. The molecule has 6 heteroatoms. The molecule has 0 unspecified atom stereocenters. The molecule has 2 aliphatic rings. The minimum atomic E-state index is -0.495. The number of fused-ring (bicyclic) bond motifs is 1. The van der Waals surface area contributed by atoms with E-state index in [1.54, 1.807) is 18.4 Å². The van der Waals surface area contributed by atoms with Crippen LogP contribution in [0.15, 0.2) is 47.1 Å². The van der Waals surface area contributed by atoms with Gasteiger partial charge in [0.2, 0.25) is 5.89 Å². The standard InChI is InChI=1S/C25H23N3O3/c1-25(2)11-22(29)19-10-16(6-8-23(19)31-25)21-14-30-24(28-21)17-5-7-20(18(9-17)12-26)27-13-15-3-4-15/h5-10,14-15,27H,3-4,11,13H2,1-2H3. The molecule has 0 spiro atoms. The van der Waals surface area contributed by atoms with Crippen molar-refractivity contribution in [1.82, 2.24) is 4.98 Å². The molecule has 1 saturated carbocycles. The van der Waals surface area contributed by atoms with Gasteiger partial charge in [0.05, 0.1) is 23.2 Å². The van der Waals surface area contributed by atoms with Crippen molar-refractivity contribution in [3.05, 3.63) is 53.8 Å². The summed E-state index contributed by atoms with van der Waals surface area (Å²) in [6.07, 6.45) is 4.42. The third kappa shape index (κ3) is 3.91. The van der Waals surface area contributed by atoms with Crippen LogP contribution >= 0.6 is 0 Å². The first-order valence-corrected chi connectivity index (χ1v) is 10.5. The SMILES string of the molecule is CC1(C)CC(=O)c2cc(-c3coc(-c4ccc(NCC5CC5)c(C#N)c4)n3)ccc2O1. The Kier molecular flexibility index (Phi) is 4.55. The Morgan fingerprint density at radius 2 is 2.00 bits per heavy atom. The Balaban J connectivity index is 1.41. The van der Waals surface area contributed by atoms with E-state index >= 15 is 0 Å². The van der Waals surface area contributed by atoms with Crippen LogP contribution in [0.2, 0.25) is 0 Å².